The Morgan fingerprint density at radius 1 is 1.53 bits per heavy atom. The van der Waals surface area contributed by atoms with Crippen molar-refractivity contribution in [2.75, 3.05) is 26.2 Å². The van der Waals surface area contributed by atoms with Gasteiger partial charge < -0.3 is 14.7 Å². The number of piperidine rings is 1. The second-order valence-electron chi connectivity index (χ2n) is 5.27. The molecule has 19 heavy (non-hydrogen) atoms. The molecule has 1 aliphatic rings. The minimum absolute atomic E-state index is 0.00256. The smallest absolute Gasteiger partial charge is 0.276 e. The molecule has 1 N–H and O–H groups in total. The number of amides is 1. The van der Waals surface area contributed by atoms with Crippen molar-refractivity contribution in [1.82, 2.24) is 15.4 Å². The third-order valence-corrected chi connectivity index (χ3v) is 3.57. The molecule has 2 heterocycles. The van der Waals surface area contributed by atoms with E-state index >= 15 is 0 Å². The molecule has 1 aliphatic heterocycles. The molecular weight excluding hydrogens is 242 g/mol. The Labute approximate surface area is 114 Å². The van der Waals surface area contributed by atoms with E-state index in [2.05, 4.69) is 17.4 Å². The van der Waals surface area contributed by atoms with Crippen LogP contribution in [-0.4, -0.2) is 42.1 Å². The Kier molecular flexibility index (Phi) is 4.96. The molecule has 5 nitrogen and oxygen atoms in total. The molecule has 1 fully saturated rings. The molecule has 5 heteroatoms. The van der Waals surface area contributed by atoms with Gasteiger partial charge in [0.05, 0.1) is 0 Å². The first kappa shape index (κ1) is 14.1. The van der Waals surface area contributed by atoms with Crippen molar-refractivity contribution in [3.05, 3.63) is 17.5 Å². The van der Waals surface area contributed by atoms with Gasteiger partial charge in [0.25, 0.3) is 5.91 Å². The summed E-state index contributed by atoms with van der Waals surface area (Å²) < 4.78 is 5.00. The Morgan fingerprint density at radius 2 is 2.26 bits per heavy atom. The Morgan fingerprint density at radius 3 is 2.84 bits per heavy atom. The molecular formula is C14H23N3O2. The van der Waals surface area contributed by atoms with Gasteiger partial charge in [-0.05, 0) is 45.2 Å². The van der Waals surface area contributed by atoms with Gasteiger partial charge in [-0.3, -0.25) is 4.79 Å². The molecule has 0 unspecified atom stereocenters. The number of hydrogen-bond acceptors (Lipinski definition) is 4. The first-order valence-corrected chi connectivity index (χ1v) is 7.14. The summed E-state index contributed by atoms with van der Waals surface area (Å²) in [6.07, 6.45) is 3.25. The molecule has 0 aromatic carbocycles. The number of aryl methyl sites for hydroxylation is 1. The molecule has 1 amide bonds. The highest BCUT2D eigenvalue weighted by molar-refractivity contribution is 5.92. The Bertz CT molecular complexity index is 411. The predicted octanol–water partition coefficient (Wildman–Crippen LogP) is 1.83. The van der Waals surface area contributed by atoms with Crippen LogP contribution < -0.4 is 5.32 Å². The van der Waals surface area contributed by atoms with E-state index in [9.17, 15) is 4.79 Å². The van der Waals surface area contributed by atoms with Crippen molar-refractivity contribution >= 4 is 5.91 Å². The van der Waals surface area contributed by atoms with Crippen LogP contribution in [0, 0.1) is 12.8 Å². The van der Waals surface area contributed by atoms with Crippen LogP contribution in [-0.2, 0) is 0 Å². The highest BCUT2D eigenvalue weighted by Crippen LogP contribution is 2.16. The van der Waals surface area contributed by atoms with Crippen molar-refractivity contribution in [2.45, 2.75) is 33.1 Å². The minimum atomic E-state index is -0.00256. The maximum atomic E-state index is 12.4. The number of nitrogens with zero attached hydrogens (tertiary/aromatic N) is 2. The van der Waals surface area contributed by atoms with E-state index in [4.69, 9.17) is 4.52 Å². The summed E-state index contributed by atoms with van der Waals surface area (Å²) in [5, 5.41) is 7.19. The number of carbonyl (C=O) groups excluding carboxylic acids is 1. The van der Waals surface area contributed by atoms with Gasteiger partial charge in [-0.25, -0.2) is 0 Å². The van der Waals surface area contributed by atoms with Gasteiger partial charge in [0.15, 0.2) is 5.69 Å². The summed E-state index contributed by atoms with van der Waals surface area (Å²) in [6, 6.07) is 1.72. The highest BCUT2D eigenvalue weighted by Gasteiger charge is 2.23. The van der Waals surface area contributed by atoms with Crippen LogP contribution in [0.3, 0.4) is 0 Å². The largest absolute Gasteiger partial charge is 0.361 e. The molecule has 2 rings (SSSR count). The van der Waals surface area contributed by atoms with Crippen LogP contribution in [0.15, 0.2) is 10.6 Å². The molecule has 0 atom stereocenters. The van der Waals surface area contributed by atoms with Crippen LogP contribution >= 0.6 is 0 Å². The van der Waals surface area contributed by atoms with Gasteiger partial charge in [0, 0.05) is 19.2 Å². The van der Waals surface area contributed by atoms with Crippen molar-refractivity contribution < 1.29 is 9.32 Å². The van der Waals surface area contributed by atoms with Crippen molar-refractivity contribution in [3.8, 4) is 0 Å². The van der Waals surface area contributed by atoms with E-state index in [-0.39, 0.29) is 5.91 Å². The monoisotopic (exact) mass is 265 g/mol. The molecule has 0 bridgehead atoms. The average Bonchev–Trinajstić information content (AvgIpc) is 2.85. The fourth-order valence-electron chi connectivity index (χ4n) is 2.55. The molecule has 0 saturated carbocycles. The second-order valence-corrected chi connectivity index (χ2v) is 5.27. The minimum Gasteiger partial charge on any atom is -0.361 e. The molecule has 1 aromatic rings. The molecule has 0 aliphatic carbocycles. The van der Waals surface area contributed by atoms with Crippen LogP contribution in [0.25, 0.3) is 0 Å². The van der Waals surface area contributed by atoms with Gasteiger partial charge in [0.1, 0.15) is 5.76 Å². The van der Waals surface area contributed by atoms with Gasteiger partial charge in [0.2, 0.25) is 0 Å². The van der Waals surface area contributed by atoms with Gasteiger partial charge >= 0.3 is 0 Å². The van der Waals surface area contributed by atoms with E-state index in [0.717, 1.165) is 45.4 Å². The van der Waals surface area contributed by atoms with E-state index in [1.165, 1.54) is 0 Å². The SMILES string of the molecule is CCCN(CC1CCNCC1)C(=O)c1cc(C)on1. The third-order valence-electron chi connectivity index (χ3n) is 3.57. The lowest BCUT2D eigenvalue weighted by Crippen LogP contribution is -2.39. The number of carbonyl (C=O) groups is 1. The van der Waals surface area contributed by atoms with Gasteiger partial charge in [-0.2, -0.15) is 0 Å². The predicted molar refractivity (Wildman–Crippen MR) is 73.0 cm³/mol. The fraction of sp³-hybridized carbons (Fsp3) is 0.714. The van der Waals surface area contributed by atoms with Gasteiger partial charge in [-0.15, -0.1) is 0 Å². The number of nitrogens with one attached hydrogen (secondary N) is 1. The van der Waals surface area contributed by atoms with Crippen molar-refractivity contribution in [3.63, 3.8) is 0 Å². The summed E-state index contributed by atoms with van der Waals surface area (Å²) in [4.78, 5) is 14.3. The first-order valence-electron chi connectivity index (χ1n) is 7.14. The summed E-state index contributed by atoms with van der Waals surface area (Å²) in [5.74, 6) is 1.28. The fourth-order valence-corrected chi connectivity index (χ4v) is 2.55. The van der Waals surface area contributed by atoms with Crippen molar-refractivity contribution in [1.29, 1.82) is 0 Å². The maximum Gasteiger partial charge on any atom is 0.276 e. The molecule has 1 aromatic heterocycles. The lowest BCUT2D eigenvalue weighted by molar-refractivity contribution is 0.0706. The zero-order valence-electron chi connectivity index (χ0n) is 11.8. The highest BCUT2D eigenvalue weighted by atomic mass is 16.5. The standard InChI is InChI=1S/C14H23N3O2/c1-3-8-17(10-12-4-6-15-7-5-12)14(18)13-9-11(2)19-16-13/h9,12,15H,3-8,10H2,1-2H3. The Hall–Kier alpha value is -1.36. The Balaban J connectivity index is 1.99. The molecule has 1 saturated heterocycles. The van der Waals surface area contributed by atoms with E-state index < -0.39 is 0 Å². The second kappa shape index (κ2) is 6.70. The zero-order chi connectivity index (χ0) is 13.7. The number of aromatic nitrogens is 1. The number of rotatable bonds is 5. The summed E-state index contributed by atoms with van der Waals surface area (Å²) in [6.45, 7) is 7.64. The molecule has 106 valence electrons. The summed E-state index contributed by atoms with van der Waals surface area (Å²) in [7, 11) is 0. The lowest BCUT2D eigenvalue weighted by atomic mass is 9.97. The number of hydrogen-bond donors (Lipinski definition) is 1. The normalized spacial score (nSPS) is 16.5. The van der Waals surface area contributed by atoms with Gasteiger partial charge in [-0.1, -0.05) is 12.1 Å². The van der Waals surface area contributed by atoms with Crippen molar-refractivity contribution in [2.24, 2.45) is 5.92 Å². The molecule has 0 spiro atoms. The summed E-state index contributed by atoms with van der Waals surface area (Å²) in [5.41, 5.74) is 0.430. The first-order chi connectivity index (χ1) is 9.20. The average molecular weight is 265 g/mol. The molecule has 0 radical (unpaired) electrons. The van der Waals surface area contributed by atoms with Crippen LogP contribution in [0.5, 0.6) is 0 Å². The topological polar surface area (TPSA) is 58.4 Å². The quantitative estimate of drug-likeness (QED) is 0.882. The van der Waals surface area contributed by atoms with E-state index in [1.54, 1.807) is 13.0 Å². The van der Waals surface area contributed by atoms with Crippen LogP contribution in [0.1, 0.15) is 42.4 Å². The lowest BCUT2D eigenvalue weighted by Gasteiger charge is -2.29. The third kappa shape index (κ3) is 3.80. The van der Waals surface area contributed by atoms with Crippen LogP contribution in [0.4, 0.5) is 0 Å². The van der Waals surface area contributed by atoms with E-state index in [0.29, 0.717) is 17.4 Å². The maximum absolute atomic E-state index is 12.4. The van der Waals surface area contributed by atoms with E-state index in [1.807, 2.05) is 4.90 Å². The summed E-state index contributed by atoms with van der Waals surface area (Å²) >= 11 is 0. The van der Waals surface area contributed by atoms with Crippen LogP contribution in [0.2, 0.25) is 0 Å². The zero-order valence-corrected chi connectivity index (χ0v) is 11.8.